The van der Waals surface area contributed by atoms with E-state index in [1.807, 2.05) is 0 Å². The monoisotopic (exact) mass is 141 g/mol. The maximum Gasteiger partial charge on any atom is 0.101 e. The quantitative estimate of drug-likeness (QED) is 0.400. The molecular weight excluding hydrogens is 128 g/mol. The summed E-state index contributed by atoms with van der Waals surface area (Å²) in [4.78, 5) is 0. The van der Waals surface area contributed by atoms with Crippen molar-refractivity contribution in [3.05, 3.63) is 0 Å². The molecule has 52 valence electrons. The van der Waals surface area contributed by atoms with Gasteiger partial charge < -0.3 is 22.0 Å². The van der Waals surface area contributed by atoms with Crippen molar-refractivity contribution in [2.24, 2.45) is 0 Å². The van der Waals surface area contributed by atoms with Crippen LogP contribution in [0.4, 0.5) is 0 Å². The summed E-state index contributed by atoms with van der Waals surface area (Å²) >= 11 is 0. The van der Waals surface area contributed by atoms with Gasteiger partial charge in [-0.15, -0.1) is 0 Å². The fourth-order valence-electron chi connectivity index (χ4n) is 0.300. The van der Waals surface area contributed by atoms with Crippen LogP contribution in [-0.2, 0) is 0 Å². The van der Waals surface area contributed by atoms with Crippen molar-refractivity contribution in [2.45, 2.75) is 0 Å². The molecule has 0 atom stereocenters. The third kappa shape index (κ3) is 9.51. The molecule has 0 saturated carbocycles. The molecule has 0 aromatic carbocycles. The highest BCUT2D eigenvalue weighted by atomic mass is 35.5. The van der Waals surface area contributed by atoms with E-state index in [2.05, 4.69) is 21.1 Å². The smallest absolute Gasteiger partial charge is 0.101 e. The minimum atomic E-state index is 0. The normalized spacial score (nSPS) is 10.5. The molecule has 0 aromatic heterocycles. The molecule has 2 nitrogen and oxygen atoms in total. The van der Waals surface area contributed by atoms with Crippen molar-refractivity contribution in [1.29, 1.82) is 0 Å². The Hall–Kier alpha value is 0.210. The van der Waals surface area contributed by atoms with Crippen LogP contribution < -0.4 is 12.4 Å². The number of likely N-dealkylation sites (N-methyl/N-ethyl adjacent to an activating group) is 1. The Morgan fingerprint density at radius 2 is 1.88 bits per heavy atom. The van der Waals surface area contributed by atoms with E-state index in [1.54, 1.807) is 0 Å². The number of halogens is 1. The molecule has 0 aliphatic rings. The minimum Gasteiger partial charge on any atom is -1.00 e. The molecule has 0 aliphatic carbocycles. The molecule has 1 N–H and O–H groups in total. The highest BCUT2D eigenvalue weighted by Gasteiger charge is 2.02. The van der Waals surface area contributed by atoms with Gasteiger partial charge >= 0.3 is 0 Å². The molecule has 0 aromatic rings. The second kappa shape index (κ2) is 4.13. The lowest BCUT2D eigenvalue weighted by Crippen LogP contribution is -3.00. The number of quaternary nitrogens is 1. The Balaban J connectivity index is 0. The summed E-state index contributed by atoms with van der Waals surface area (Å²) in [5.74, 6) is 0. The van der Waals surface area contributed by atoms with E-state index in [0.29, 0.717) is 0 Å². The first kappa shape index (κ1) is 11.1. The number of hydrogen-bond donors (Lipinski definition) is 1. The van der Waals surface area contributed by atoms with Crippen LogP contribution in [0.25, 0.3) is 0 Å². The molecule has 3 heteroatoms. The third-order valence-electron chi connectivity index (χ3n) is 0.771. The molecule has 0 unspecified atom stereocenters. The summed E-state index contributed by atoms with van der Waals surface area (Å²) < 4.78 is 0.844. The van der Waals surface area contributed by atoms with Crippen molar-refractivity contribution in [2.75, 3.05) is 34.3 Å². The largest absolute Gasteiger partial charge is 1.00 e. The van der Waals surface area contributed by atoms with E-state index in [4.69, 9.17) is 5.11 Å². The van der Waals surface area contributed by atoms with Crippen LogP contribution in [0.1, 0.15) is 0 Å². The second-order valence-corrected chi connectivity index (χ2v) is 2.74. The first-order valence-electron chi connectivity index (χ1n) is 2.47. The lowest BCUT2D eigenvalue weighted by Gasteiger charge is -2.21. The van der Waals surface area contributed by atoms with E-state index >= 15 is 0 Å². The van der Waals surface area contributed by atoms with Crippen LogP contribution in [0.5, 0.6) is 0 Å². The average molecular weight is 142 g/mol. The lowest BCUT2D eigenvalue weighted by molar-refractivity contribution is -0.870. The standard InChI is InChI=1S/C5H14NO.ClH/c1-6(2,3)4-5-7;/h7H,4-5H2,1-3H3;1H/q+1;/p-1/i1+2;. The molecule has 0 aliphatic heterocycles. The van der Waals surface area contributed by atoms with Crippen molar-refractivity contribution in [3.63, 3.8) is 0 Å². The van der Waals surface area contributed by atoms with Gasteiger partial charge in [0.25, 0.3) is 0 Å². The van der Waals surface area contributed by atoms with Crippen molar-refractivity contribution in [3.8, 4) is 0 Å². The Morgan fingerprint density at radius 1 is 1.50 bits per heavy atom. The zero-order chi connectivity index (χ0) is 5.91. The molecule has 0 radical (unpaired) electrons. The minimum absolute atomic E-state index is 0. The predicted molar refractivity (Wildman–Crippen MR) is 30.0 cm³/mol. The van der Waals surface area contributed by atoms with Crippen molar-refractivity contribution < 1.29 is 22.0 Å². The van der Waals surface area contributed by atoms with E-state index in [9.17, 15) is 0 Å². The van der Waals surface area contributed by atoms with Gasteiger partial charge in [0, 0.05) is 0 Å². The van der Waals surface area contributed by atoms with Crippen LogP contribution in [0.3, 0.4) is 0 Å². The maximum atomic E-state index is 8.39. The summed E-state index contributed by atoms with van der Waals surface area (Å²) in [6.45, 7) is 1.11. The first-order valence-corrected chi connectivity index (χ1v) is 2.47. The summed E-state index contributed by atoms with van der Waals surface area (Å²) in [6, 6.07) is 0. The first-order chi connectivity index (χ1) is 3.06. The summed E-state index contributed by atoms with van der Waals surface area (Å²) in [7, 11) is 6.16. The molecule has 8 heavy (non-hydrogen) atoms. The molecule has 0 saturated heterocycles. The number of aliphatic hydroxyl groups is 1. The molecule has 0 bridgehead atoms. The van der Waals surface area contributed by atoms with E-state index in [0.717, 1.165) is 11.0 Å². The van der Waals surface area contributed by atoms with Crippen LogP contribution in [0.2, 0.25) is 0 Å². The highest BCUT2D eigenvalue weighted by molar-refractivity contribution is 4.19. The van der Waals surface area contributed by atoms with Gasteiger partial charge in [0.2, 0.25) is 0 Å². The molecule has 0 rings (SSSR count). The van der Waals surface area contributed by atoms with Crippen molar-refractivity contribution >= 4 is 0 Å². The average Bonchev–Trinajstić information content (AvgIpc) is 1.30. The highest BCUT2D eigenvalue weighted by Crippen LogP contribution is 1.84. The topological polar surface area (TPSA) is 20.2 Å². The van der Waals surface area contributed by atoms with Gasteiger partial charge in [-0.1, -0.05) is 0 Å². The van der Waals surface area contributed by atoms with E-state index < -0.39 is 0 Å². The lowest BCUT2D eigenvalue weighted by atomic mass is 10.6. The van der Waals surface area contributed by atoms with Crippen LogP contribution in [0.15, 0.2) is 0 Å². The summed E-state index contributed by atoms with van der Waals surface area (Å²) in [5.41, 5.74) is 0. The van der Waals surface area contributed by atoms with Crippen LogP contribution >= 0.6 is 0 Å². The predicted octanol–water partition coefficient (Wildman–Crippen LogP) is -3.31. The van der Waals surface area contributed by atoms with Gasteiger partial charge in [0.15, 0.2) is 0 Å². The van der Waals surface area contributed by atoms with Crippen LogP contribution in [0, 0.1) is 0 Å². The Morgan fingerprint density at radius 3 is 1.88 bits per heavy atom. The number of nitrogens with zero attached hydrogens (tertiary/aromatic N) is 1. The molecule has 0 amide bonds. The van der Waals surface area contributed by atoms with Crippen molar-refractivity contribution in [1.82, 2.24) is 0 Å². The Bertz CT molecular complexity index is 50.9. The Kier molecular flexibility index (Phi) is 5.71. The number of aliphatic hydroxyl groups excluding tert-OH is 1. The van der Waals surface area contributed by atoms with E-state index in [-0.39, 0.29) is 19.0 Å². The fourth-order valence-corrected chi connectivity index (χ4v) is 0.300. The molecule has 0 spiro atoms. The van der Waals surface area contributed by atoms with Gasteiger partial charge in [0.1, 0.15) is 6.54 Å². The SMILES string of the molecule is C[N+](C)([14CH3])CCO.[Cl-]. The zero-order valence-corrected chi connectivity index (χ0v) is 6.44. The van der Waals surface area contributed by atoms with Gasteiger partial charge in [-0.05, 0) is 0 Å². The van der Waals surface area contributed by atoms with Gasteiger partial charge in [-0.25, -0.2) is 0 Å². The fraction of sp³-hybridized carbons (Fsp3) is 1.00. The maximum absolute atomic E-state index is 8.39. The van der Waals surface area contributed by atoms with Gasteiger partial charge in [-0.3, -0.25) is 0 Å². The van der Waals surface area contributed by atoms with Gasteiger partial charge in [0.05, 0.1) is 27.7 Å². The number of rotatable bonds is 2. The second-order valence-electron chi connectivity index (χ2n) is 2.74. The molecule has 0 heterocycles. The molecule has 0 fully saturated rings. The Labute approximate surface area is 57.1 Å². The summed E-state index contributed by atoms with van der Waals surface area (Å²) in [6.07, 6.45) is 0. The van der Waals surface area contributed by atoms with Gasteiger partial charge in [-0.2, -0.15) is 0 Å². The van der Waals surface area contributed by atoms with Crippen LogP contribution in [-0.4, -0.2) is 43.9 Å². The number of hydrogen-bond acceptors (Lipinski definition) is 1. The third-order valence-corrected chi connectivity index (χ3v) is 0.771. The van der Waals surface area contributed by atoms with E-state index in [1.165, 1.54) is 0 Å². The molecular formula is C5H14ClNO. The summed E-state index contributed by atoms with van der Waals surface area (Å²) in [5, 5.41) is 8.39. The zero-order valence-electron chi connectivity index (χ0n) is 5.69.